The number of rotatable bonds is 0. The Morgan fingerprint density at radius 3 is 2.42 bits per heavy atom. The summed E-state index contributed by atoms with van der Waals surface area (Å²) in [6.07, 6.45) is 1.54. The summed E-state index contributed by atoms with van der Waals surface area (Å²) in [7, 11) is 0. The molecule has 0 aliphatic rings. The molecule has 0 aliphatic heterocycles. The SMILES string of the molecule is CC(C)(C)c1cc[n+](O)c(Cl)c1. The van der Waals surface area contributed by atoms with Gasteiger partial charge in [0.15, 0.2) is 0 Å². The van der Waals surface area contributed by atoms with E-state index in [1.165, 1.54) is 0 Å². The van der Waals surface area contributed by atoms with Crippen molar-refractivity contribution in [2.75, 3.05) is 0 Å². The van der Waals surface area contributed by atoms with Crippen LogP contribution in [-0.4, -0.2) is 5.21 Å². The van der Waals surface area contributed by atoms with Gasteiger partial charge < -0.3 is 0 Å². The lowest BCUT2D eigenvalue weighted by Crippen LogP contribution is -2.31. The Balaban J connectivity index is 3.14. The molecule has 0 amide bonds. The molecule has 12 heavy (non-hydrogen) atoms. The monoisotopic (exact) mass is 186 g/mol. The lowest BCUT2D eigenvalue weighted by Gasteiger charge is -2.17. The van der Waals surface area contributed by atoms with Crippen LogP contribution in [0, 0.1) is 0 Å². The fourth-order valence-electron chi connectivity index (χ4n) is 0.931. The summed E-state index contributed by atoms with van der Waals surface area (Å²) in [4.78, 5) is 0. The molecule has 1 N–H and O–H groups in total. The molecule has 0 aliphatic carbocycles. The highest BCUT2D eigenvalue weighted by atomic mass is 35.5. The first kappa shape index (κ1) is 9.33. The van der Waals surface area contributed by atoms with Crippen molar-refractivity contribution in [2.24, 2.45) is 0 Å². The number of hydrogen-bond acceptors (Lipinski definition) is 1. The first-order valence-electron chi connectivity index (χ1n) is 3.82. The molecular weight excluding hydrogens is 174 g/mol. The van der Waals surface area contributed by atoms with Crippen molar-refractivity contribution in [3.63, 3.8) is 0 Å². The minimum Gasteiger partial charge on any atom is -0.284 e. The Labute approximate surface area is 77.4 Å². The molecule has 0 saturated carbocycles. The lowest BCUT2D eigenvalue weighted by atomic mass is 9.88. The molecule has 0 saturated heterocycles. The Bertz CT molecular complexity index is 291. The van der Waals surface area contributed by atoms with Crippen LogP contribution in [-0.2, 0) is 5.41 Å². The number of halogens is 1. The van der Waals surface area contributed by atoms with Gasteiger partial charge in [-0.2, -0.15) is 0 Å². The third-order valence-corrected chi connectivity index (χ3v) is 2.04. The third kappa shape index (κ3) is 1.89. The van der Waals surface area contributed by atoms with E-state index in [1.807, 2.05) is 6.07 Å². The van der Waals surface area contributed by atoms with Gasteiger partial charge in [-0.05, 0) is 22.6 Å². The zero-order valence-corrected chi connectivity index (χ0v) is 8.26. The number of nitrogens with zero attached hydrogens (tertiary/aromatic N) is 1. The van der Waals surface area contributed by atoms with Crippen LogP contribution >= 0.6 is 11.6 Å². The molecule has 1 rings (SSSR count). The third-order valence-electron chi connectivity index (χ3n) is 1.75. The van der Waals surface area contributed by atoms with Crippen molar-refractivity contribution in [2.45, 2.75) is 26.2 Å². The standard InChI is InChI=1S/C9H13ClNO/c1-9(2,3)7-4-5-11(12)8(10)6-7/h4-6,12H,1-3H3/q+1. The minimum absolute atomic E-state index is 0.0674. The molecular formula is C9H13ClNO+. The maximum absolute atomic E-state index is 9.09. The van der Waals surface area contributed by atoms with E-state index < -0.39 is 0 Å². The second-order valence-electron chi connectivity index (χ2n) is 3.83. The minimum atomic E-state index is 0.0674. The first-order valence-corrected chi connectivity index (χ1v) is 4.20. The topological polar surface area (TPSA) is 24.1 Å². The summed E-state index contributed by atoms with van der Waals surface area (Å²) < 4.78 is 0.900. The highest BCUT2D eigenvalue weighted by Crippen LogP contribution is 2.22. The van der Waals surface area contributed by atoms with Gasteiger partial charge in [0.05, 0.1) is 0 Å². The zero-order chi connectivity index (χ0) is 9.35. The van der Waals surface area contributed by atoms with Gasteiger partial charge in [-0.25, -0.2) is 0 Å². The van der Waals surface area contributed by atoms with Crippen molar-refractivity contribution in [3.8, 4) is 0 Å². The molecule has 1 aromatic rings. The van der Waals surface area contributed by atoms with Gasteiger partial charge in [0, 0.05) is 16.9 Å². The maximum Gasteiger partial charge on any atom is 0.325 e. The predicted molar refractivity (Wildman–Crippen MR) is 47.5 cm³/mol. The first-order chi connectivity index (χ1) is 5.41. The highest BCUT2D eigenvalue weighted by molar-refractivity contribution is 6.28. The van der Waals surface area contributed by atoms with Crippen LogP contribution < -0.4 is 4.73 Å². The molecule has 0 spiro atoms. The van der Waals surface area contributed by atoms with E-state index in [4.69, 9.17) is 16.8 Å². The summed E-state index contributed by atoms with van der Waals surface area (Å²) in [5.41, 5.74) is 1.18. The molecule has 0 bridgehead atoms. The van der Waals surface area contributed by atoms with Crippen LogP contribution in [0.1, 0.15) is 26.3 Å². The molecule has 0 aromatic carbocycles. The summed E-state index contributed by atoms with van der Waals surface area (Å²) in [5, 5.41) is 9.43. The fraction of sp³-hybridized carbons (Fsp3) is 0.444. The van der Waals surface area contributed by atoms with Crippen molar-refractivity contribution in [3.05, 3.63) is 29.0 Å². The zero-order valence-electron chi connectivity index (χ0n) is 7.50. The summed E-state index contributed by atoms with van der Waals surface area (Å²) >= 11 is 5.73. The van der Waals surface area contributed by atoms with Gasteiger partial charge >= 0.3 is 5.15 Å². The van der Waals surface area contributed by atoms with E-state index in [1.54, 1.807) is 12.3 Å². The van der Waals surface area contributed by atoms with Crippen molar-refractivity contribution < 1.29 is 9.94 Å². The van der Waals surface area contributed by atoms with E-state index in [0.717, 1.165) is 10.3 Å². The second kappa shape index (κ2) is 2.94. The van der Waals surface area contributed by atoms with Gasteiger partial charge in [-0.3, -0.25) is 5.21 Å². The second-order valence-corrected chi connectivity index (χ2v) is 4.22. The quantitative estimate of drug-likeness (QED) is 0.375. The largest absolute Gasteiger partial charge is 0.325 e. The van der Waals surface area contributed by atoms with Crippen molar-refractivity contribution in [1.29, 1.82) is 0 Å². The average molecular weight is 187 g/mol. The molecule has 0 fully saturated rings. The van der Waals surface area contributed by atoms with Crippen molar-refractivity contribution >= 4 is 11.6 Å². The smallest absolute Gasteiger partial charge is 0.284 e. The van der Waals surface area contributed by atoms with Gasteiger partial charge in [-0.1, -0.05) is 20.8 Å². The van der Waals surface area contributed by atoms with Crippen LogP contribution in [0.3, 0.4) is 0 Å². The van der Waals surface area contributed by atoms with Gasteiger partial charge in [0.25, 0.3) is 0 Å². The highest BCUT2D eigenvalue weighted by Gasteiger charge is 2.17. The van der Waals surface area contributed by atoms with Crippen LogP contribution in [0.2, 0.25) is 5.15 Å². The number of hydrogen-bond donors (Lipinski definition) is 1. The Kier molecular flexibility index (Phi) is 2.29. The molecule has 0 unspecified atom stereocenters. The Hall–Kier alpha value is -0.760. The lowest BCUT2D eigenvalue weighted by molar-refractivity contribution is -0.903. The van der Waals surface area contributed by atoms with Gasteiger partial charge in [0.2, 0.25) is 6.20 Å². The summed E-state index contributed by atoms with van der Waals surface area (Å²) in [5.74, 6) is 0. The van der Waals surface area contributed by atoms with E-state index >= 15 is 0 Å². The van der Waals surface area contributed by atoms with Crippen LogP contribution in [0.5, 0.6) is 0 Å². The molecule has 0 atom stereocenters. The van der Waals surface area contributed by atoms with Crippen LogP contribution in [0.15, 0.2) is 18.3 Å². The average Bonchev–Trinajstić information content (AvgIpc) is 1.92. The van der Waals surface area contributed by atoms with Crippen LogP contribution in [0.4, 0.5) is 0 Å². The normalized spacial score (nSPS) is 11.7. The number of aromatic nitrogens is 1. The van der Waals surface area contributed by atoms with Crippen molar-refractivity contribution in [1.82, 2.24) is 0 Å². The maximum atomic E-state index is 9.09. The predicted octanol–water partition coefficient (Wildman–Crippen LogP) is 2.16. The summed E-state index contributed by atoms with van der Waals surface area (Å²) in [6.45, 7) is 6.29. The molecule has 2 nitrogen and oxygen atoms in total. The fourth-order valence-corrected chi connectivity index (χ4v) is 1.11. The number of pyridine rings is 1. The molecule has 0 radical (unpaired) electrons. The molecule has 3 heteroatoms. The van der Waals surface area contributed by atoms with Gasteiger partial charge in [-0.15, -0.1) is 0 Å². The Morgan fingerprint density at radius 1 is 1.42 bits per heavy atom. The Morgan fingerprint density at radius 2 is 2.00 bits per heavy atom. The molecule has 1 heterocycles. The molecule has 1 aromatic heterocycles. The van der Waals surface area contributed by atoms with E-state index in [9.17, 15) is 0 Å². The van der Waals surface area contributed by atoms with Crippen LogP contribution in [0.25, 0.3) is 0 Å². The van der Waals surface area contributed by atoms with Gasteiger partial charge in [0.1, 0.15) is 0 Å². The van der Waals surface area contributed by atoms with E-state index in [-0.39, 0.29) is 5.41 Å². The van der Waals surface area contributed by atoms with E-state index in [2.05, 4.69) is 20.8 Å². The summed E-state index contributed by atoms with van der Waals surface area (Å²) in [6, 6.07) is 3.62. The van der Waals surface area contributed by atoms with E-state index in [0.29, 0.717) is 5.15 Å². The molecule has 66 valence electrons.